The molecule has 0 saturated carbocycles. The molecule has 0 amide bonds. The molecule has 1 rings (SSSR count). The maximum absolute atomic E-state index is 9.78. The van der Waals surface area contributed by atoms with Gasteiger partial charge in [0, 0.05) is 0 Å². The third-order valence-corrected chi connectivity index (χ3v) is 2.62. The second-order valence-electron chi connectivity index (χ2n) is 2.93. The molecule has 0 atom stereocenters. The first-order valence-corrected chi connectivity index (χ1v) is 5.71. The molecule has 0 fully saturated rings. The lowest BCUT2D eigenvalue weighted by Crippen LogP contribution is -1.93. The summed E-state index contributed by atoms with van der Waals surface area (Å²) in [5.41, 5.74) is 1.59. The van der Waals surface area contributed by atoms with Gasteiger partial charge >= 0.3 is 5.97 Å². The molecule has 18 heavy (non-hydrogen) atoms. The smallest absolute Gasteiger partial charge is 0.349 e. The molecule has 7 heteroatoms. The van der Waals surface area contributed by atoms with Gasteiger partial charge in [-0.1, -0.05) is 70.3 Å². The maximum Gasteiger partial charge on any atom is 0.349 e. The first kappa shape index (κ1) is 16.8. The highest BCUT2D eigenvalue weighted by Crippen LogP contribution is 2.16. The van der Waals surface area contributed by atoms with Crippen LogP contribution in [0.3, 0.4) is 0 Å². The van der Waals surface area contributed by atoms with Crippen molar-refractivity contribution in [3.05, 3.63) is 45.4 Å². The number of carbonyl (C=O) groups is 1. The van der Waals surface area contributed by atoms with E-state index in [1.165, 1.54) is 0 Å². The van der Waals surface area contributed by atoms with Crippen LogP contribution < -0.4 is 0 Å². The van der Waals surface area contributed by atoms with Gasteiger partial charge in [0.15, 0.2) is 5.03 Å². The van der Waals surface area contributed by atoms with Crippen molar-refractivity contribution in [1.82, 2.24) is 0 Å². The third-order valence-electron chi connectivity index (χ3n) is 1.70. The number of oxime groups is 1. The third kappa shape index (κ3) is 6.49. The molecule has 4 nitrogen and oxygen atoms in total. The monoisotopic (exact) mass is 309 g/mol. The minimum absolute atomic E-state index is 0.431. The van der Waals surface area contributed by atoms with Crippen LogP contribution in [0.25, 0.3) is 0 Å². The van der Waals surface area contributed by atoms with Gasteiger partial charge in [-0.05, 0) is 12.5 Å². The topological polar surface area (TPSA) is 69.9 Å². The van der Waals surface area contributed by atoms with Crippen LogP contribution in [-0.4, -0.2) is 22.0 Å². The fraction of sp³-hybridized carbons (Fsp3) is 0.0909. The SMILES string of the molecule is CC(=NO)c1ccccc1.O=C(O)C(Cl)=C(Cl)Cl. The highest BCUT2D eigenvalue weighted by atomic mass is 35.5. The van der Waals surface area contributed by atoms with Gasteiger partial charge in [-0.2, -0.15) is 0 Å². The Morgan fingerprint density at radius 3 is 1.94 bits per heavy atom. The molecule has 0 aromatic heterocycles. The summed E-state index contributed by atoms with van der Waals surface area (Å²) in [5.74, 6) is -1.33. The van der Waals surface area contributed by atoms with E-state index in [0.29, 0.717) is 5.71 Å². The zero-order chi connectivity index (χ0) is 14.1. The quantitative estimate of drug-likeness (QED) is 0.377. The molecule has 0 heterocycles. The number of nitrogens with zero attached hydrogens (tertiary/aromatic N) is 1. The molecule has 0 saturated heterocycles. The molecule has 1 aromatic rings. The predicted molar refractivity (Wildman–Crippen MR) is 72.7 cm³/mol. The molecule has 98 valence electrons. The van der Waals surface area contributed by atoms with E-state index >= 15 is 0 Å². The molecule has 0 aliphatic heterocycles. The Hall–Kier alpha value is -1.23. The number of rotatable bonds is 2. The minimum Gasteiger partial charge on any atom is -0.477 e. The van der Waals surface area contributed by atoms with E-state index in [9.17, 15) is 4.79 Å². The van der Waals surface area contributed by atoms with Gasteiger partial charge in [0.05, 0.1) is 5.71 Å². The first-order valence-electron chi connectivity index (χ1n) is 4.58. The minimum atomic E-state index is -1.33. The van der Waals surface area contributed by atoms with Gasteiger partial charge in [0.1, 0.15) is 4.49 Å². The number of hydrogen-bond acceptors (Lipinski definition) is 3. The normalized spacial score (nSPS) is 10.1. The number of benzene rings is 1. The standard InChI is InChI=1S/C8H9NO.C3HCl3O2/c1-7(9-10)8-5-3-2-4-6-8;4-1(2(5)6)3(7)8/h2-6,10H,1H3;(H,7,8). The van der Waals surface area contributed by atoms with Gasteiger partial charge in [0.2, 0.25) is 0 Å². The highest BCUT2D eigenvalue weighted by Gasteiger charge is 2.06. The zero-order valence-corrected chi connectivity index (χ0v) is 11.5. The molecular formula is C11H10Cl3NO3. The van der Waals surface area contributed by atoms with Crippen LogP contribution >= 0.6 is 34.8 Å². The predicted octanol–water partition coefficient (Wildman–Crippen LogP) is 3.84. The van der Waals surface area contributed by atoms with E-state index in [-0.39, 0.29) is 0 Å². The molecule has 0 aliphatic rings. The van der Waals surface area contributed by atoms with Crippen LogP contribution in [0.4, 0.5) is 0 Å². The first-order chi connectivity index (χ1) is 8.40. The van der Waals surface area contributed by atoms with E-state index in [2.05, 4.69) is 5.16 Å². The van der Waals surface area contributed by atoms with Crippen LogP contribution in [0.15, 0.2) is 45.0 Å². The van der Waals surface area contributed by atoms with Gasteiger partial charge in [-0.15, -0.1) is 0 Å². The van der Waals surface area contributed by atoms with Crippen LogP contribution in [0.1, 0.15) is 12.5 Å². The van der Waals surface area contributed by atoms with E-state index < -0.39 is 15.5 Å². The average molecular weight is 311 g/mol. The summed E-state index contributed by atoms with van der Waals surface area (Å²) in [4.78, 5) is 9.78. The van der Waals surface area contributed by atoms with Crippen LogP contribution in [-0.2, 0) is 4.79 Å². The Morgan fingerprint density at radius 1 is 1.17 bits per heavy atom. The lowest BCUT2D eigenvalue weighted by atomic mass is 10.1. The fourth-order valence-electron chi connectivity index (χ4n) is 0.818. The number of aliphatic carboxylic acids is 1. The number of hydrogen-bond donors (Lipinski definition) is 2. The Bertz CT molecular complexity index is 454. The zero-order valence-electron chi connectivity index (χ0n) is 9.27. The van der Waals surface area contributed by atoms with E-state index in [1.54, 1.807) is 6.92 Å². The van der Waals surface area contributed by atoms with Gasteiger partial charge in [-0.25, -0.2) is 4.79 Å². The van der Waals surface area contributed by atoms with Crippen molar-refractivity contribution in [2.45, 2.75) is 6.92 Å². The van der Waals surface area contributed by atoms with Crippen LogP contribution in [0, 0.1) is 0 Å². The molecule has 2 N–H and O–H groups in total. The average Bonchev–Trinajstić information content (AvgIpc) is 2.38. The molecule has 0 spiro atoms. The Labute approximate surface area is 119 Å². The lowest BCUT2D eigenvalue weighted by Gasteiger charge is -1.94. The second kappa shape index (κ2) is 8.80. The van der Waals surface area contributed by atoms with Gasteiger partial charge in [0.25, 0.3) is 0 Å². The summed E-state index contributed by atoms with van der Waals surface area (Å²) in [6.45, 7) is 1.76. The van der Waals surface area contributed by atoms with Crippen molar-refractivity contribution in [2.75, 3.05) is 0 Å². The van der Waals surface area contributed by atoms with Crippen molar-refractivity contribution in [3.63, 3.8) is 0 Å². The summed E-state index contributed by atoms with van der Waals surface area (Å²) < 4.78 is -0.431. The highest BCUT2D eigenvalue weighted by molar-refractivity contribution is 6.62. The maximum atomic E-state index is 9.78. The Morgan fingerprint density at radius 2 is 1.67 bits per heavy atom. The van der Waals surface area contributed by atoms with Crippen molar-refractivity contribution in [1.29, 1.82) is 0 Å². The van der Waals surface area contributed by atoms with Crippen LogP contribution in [0.2, 0.25) is 0 Å². The van der Waals surface area contributed by atoms with E-state index in [4.69, 9.17) is 45.1 Å². The summed E-state index contributed by atoms with van der Waals surface area (Å²) >= 11 is 14.9. The summed E-state index contributed by atoms with van der Waals surface area (Å²) in [5, 5.41) is 18.9. The largest absolute Gasteiger partial charge is 0.477 e. The van der Waals surface area contributed by atoms with E-state index in [1.807, 2.05) is 30.3 Å². The fourth-order valence-corrected chi connectivity index (χ4v) is 0.980. The number of halogens is 3. The number of carboxylic acids is 1. The van der Waals surface area contributed by atoms with Gasteiger partial charge in [-0.3, -0.25) is 0 Å². The molecule has 1 aromatic carbocycles. The molecular weight excluding hydrogens is 300 g/mol. The van der Waals surface area contributed by atoms with Crippen molar-refractivity contribution < 1.29 is 15.1 Å². The second-order valence-corrected chi connectivity index (χ2v) is 4.26. The summed E-state index contributed by atoms with van der Waals surface area (Å²) in [7, 11) is 0. The van der Waals surface area contributed by atoms with Crippen LogP contribution in [0.5, 0.6) is 0 Å². The summed E-state index contributed by atoms with van der Waals surface area (Å²) in [6, 6.07) is 9.53. The molecule has 0 radical (unpaired) electrons. The molecule has 0 aliphatic carbocycles. The number of carboxylic acid groups (broad SMARTS) is 1. The van der Waals surface area contributed by atoms with Gasteiger partial charge < -0.3 is 10.3 Å². The van der Waals surface area contributed by atoms with Crippen molar-refractivity contribution in [3.8, 4) is 0 Å². The Balaban J connectivity index is 0.000000331. The van der Waals surface area contributed by atoms with Crippen molar-refractivity contribution >= 4 is 46.5 Å². The van der Waals surface area contributed by atoms with E-state index in [0.717, 1.165) is 5.56 Å². The molecule has 0 bridgehead atoms. The summed E-state index contributed by atoms with van der Waals surface area (Å²) in [6.07, 6.45) is 0. The Kier molecular flexibility index (Phi) is 8.20. The van der Waals surface area contributed by atoms with Crippen molar-refractivity contribution in [2.24, 2.45) is 5.16 Å². The lowest BCUT2D eigenvalue weighted by molar-refractivity contribution is -0.131. The molecule has 0 unspecified atom stereocenters.